The number of nitrogens with one attached hydrogen (secondary N) is 1. The van der Waals surface area contributed by atoms with Crippen LogP contribution in [-0.4, -0.2) is 30.3 Å². The molecule has 2 aromatic rings. The van der Waals surface area contributed by atoms with Crippen molar-refractivity contribution >= 4 is 29.1 Å². The Labute approximate surface area is 126 Å². The summed E-state index contributed by atoms with van der Waals surface area (Å²) in [5.41, 5.74) is 0.508. The third-order valence-electron chi connectivity index (χ3n) is 2.70. The molecular formula is C14H13ClN2O4. The standard InChI is InChI=1S/C14H13ClN2O4/c1-20-11-7-10(12(21-2)6-8(11)15)17-13-5-3-4-9(16-13)14(18)19/h3-7H,1-2H3,(H,16,17)(H,18,19). The summed E-state index contributed by atoms with van der Waals surface area (Å²) in [6.45, 7) is 0. The van der Waals surface area contributed by atoms with Gasteiger partial charge in [0.2, 0.25) is 0 Å². The van der Waals surface area contributed by atoms with E-state index in [-0.39, 0.29) is 5.69 Å². The van der Waals surface area contributed by atoms with Gasteiger partial charge in [-0.25, -0.2) is 9.78 Å². The predicted octanol–water partition coefficient (Wildman–Crippen LogP) is 3.19. The van der Waals surface area contributed by atoms with E-state index < -0.39 is 5.97 Å². The zero-order valence-corrected chi connectivity index (χ0v) is 12.1. The number of halogens is 1. The first-order valence-electron chi connectivity index (χ1n) is 5.94. The quantitative estimate of drug-likeness (QED) is 0.883. The second-order valence-corrected chi connectivity index (χ2v) is 4.43. The Morgan fingerprint density at radius 1 is 1.24 bits per heavy atom. The summed E-state index contributed by atoms with van der Waals surface area (Å²) in [7, 11) is 3.01. The van der Waals surface area contributed by atoms with E-state index in [9.17, 15) is 4.79 Å². The minimum Gasteiger partial charge on any atom is -0.495 e. The number of methoxy groups -OCH3 is 2. The molecule has 0 unspecified atom stereocenters. The van der Waals surface area contributed by atoms with Crippen molar-refractivity contribution in [2.45, 2.75) is 0 Å². The number of ether oxygens (including phenoxy) is 2. The molecule has 0 spiro atoms. The zero-order valence-electron chi connectivity index (χ0n) is 11.4. The number of carboxylic acid groups (broad SMARTS) is 1. The largest absolute Gasteiger partial charge is 0.495 e. The van der Waals surface area contributed by atoms with Crippen molar-refractivity contribution in [3.8, 4) is 11.5 Å². The van der Waals surface area contributed by atoms with Crippen LogP contribution < -0.4 is 14.8 Å². The Balaban J connectivity index is 2.38. The fourth-order valence-corrected chi connectivity index (χ4v) is 1.95. The van der Waals surface area contributed by atoms with Gasteiger partial charge in [-0.2, -0.15) is 0 Å². The van der Waals surface area contributed by atoms with E-state index in [1.165, 1.54) is 20.3 Å². The maximum Gasteiger partial charge on any atom is 0.354 e. The van der Waals surface area contributed by atoms with E-state index in [2.05, 4.69) is 10.3 Å². The number of nitrogens with zero attached hydrogens (tertiary/aromatic N) is 1. The lowest BCUT2D eigenvalue weighted by Gasteiger charge is -2.13. The molecule has 110 valence electrons. The van der Waals surface area contributed by atoms with Crippen LogP contribution in [0.25, 0.3) is 0 Å². The molecule has 0 fully saturated rings. The van der Waals surface area contributed by atoms with Crippen LogP contribution in [0.4, 0.5) is 11.5 Å². The molecule has 0 aliphatic carbocycles. The molecule has 1 aromatic heterocycles. The van der Waals surface area contributed by atoms with Gasteiger partial charge in [0.25, 0.3) is 0 Å². The molecule has 7 heteroatoms. The third-order valence-corrected chi connectivity index (χ3v) is 3.00. The average molecular weight is 309 g/mol. The van der Waals surface area contributed by atoms with Gasteiger partial charge < -0.3 is 19.9 Å². The molecule has 1 aromatic carbocycles. The van der Waals surface area contributed by atoms with Crippen molar-refractivity contribution in [3.05, 3.63) is 41.0 Å². The van der Waals surface area contributed by atoms with E-state index in [4.69, 9.17) is 26.2 Å². The summed E-state index contributed by atoms with van der Waals surface area (Å²) in [6.07, 6.45) is 0. The van der Waals surface area contributed by atoms with E-state index in [0.717, 1.165) is 0 Å². The molecule has 0 aliphatic heterocycles. The number of anilines is 2. The number of carbonyl (C=O) groups is 1. The van der Waals surface area contributed by atoms with E-state index in [1.54, 1.807) is 24.3 Å². The van der Waals surface area contributed by atoms with Crippen LogP contribution >= 0.6 is 11.6 Å². The second-order valence-electron chi connectivity index (χ2n) is 4.03. The Morgan fingerprint density at radius 3 is 2.57 bits per heavy atom. The molecule has 0 amide bonds. The number of pyridine rings is 1. The van der Waals surface area contributed by atoms with Gasteiger partial charge in [0, 0.05) is 12.1 Å². The summed E-state index contributed by atoms with van der Waals surface area (Å²) >= 11 is 6.02. The van der Waals surface area contributed by atoms with Gasteiger partial charge in [-0.05, 0) is 12.1 Å². The van der Waals surface area contributed by atoms with Crippen LogP contribution in [0.2, 0.25) is 5.02 Å². The van der Waals surface area contributed by atoms with Crippen molar-refractivity contribution < 1.29 is 19.4 Å². The minimum absolute atomic E-state index is 0.0557. The molecule has 0 bridgehead atoms. The van der Waals surface area contributed by atoms with Crippen LogP contribution in [0.5, 0.6) is 11.5 Å². The molecule has 21 heavy (non-hydrogen) atoms. The van der Waals surface area contributed by atoms with Gasteiger partial charge in [0.1, 0.15) is 17.3 Å². The van der Waals surface area contributed by atoms with Crippen molar-refractivity contribution in [1.82, 2.24) is 4.98 Å². The lowest BCUT2D eigenvalue weighted by atomic mass is 10.2. The van der Waals surface area contributed by atoms with Gasteiger partial charge in [-0.3, -0.25) is 0 Å². The molecular weight excluding hydrogens is 296 g/mol. The fourth-order valence-electron chi connectivity index (χ4n) is 1.72. The van der Waals surface area contributed by atoms with E-state index >= 15 is 0 Å². The Kier molecular flexibility index (Phi) is 4.49. The Morgan fingerprint density at radius 2 is 1.95 bits per heavy atom. The normalized spacial score (nSPS) is 10.0. The molecule has 1 heterocycles. The van der Waals surface area contributed by atoms with Crippen molar-refractivity contribution in [3.63, 3.8) is 0 Å². The smallest absolute Gasteiger partial charge is 0.354 e. The molecule has 2 N–H and O–H groups in total. The summed E-state index contributed by atoms with van der Waals surface area (Å²) in [5, 5.41) is 12.3. The van der Waals surface area contributed by atoms with Gasteiger partial charge >= 0.3 is 5.97 Å². The second kappa shape index (κ2) is 6.32. The predicted molar refractivity (Wildman–Crippen MR) is 79.0 cm³/mol. The third kappa shape index (κ3) is 3.35. The highest BCUT2D eigenvalue weighted by Gasteiger charge is 2.11. The van der Waals surface area contributed by atoms with E-state index in [1.807, 2.05) is 0 Å². The maximum atomic E-state index is 10.9. The van der Waals surface area contributed by atoms with E-state index in [0.29, 0.717) is 28.0 Å². The summed E-state index contributed by atoms with van der Waals surface area (Å²) in [5.74, 6) is 0.231. The molecule has 6 nitrogen and oxygen atoms in total. The fraction of sp³-hybridized carbons (Fsp3) is 0.143. The topological polar surface area (TPSA) is 80.7 Å². The van der Waals surface area contributed by atoms with Crippen LogP contribution in [0.1, 0.15) is 10.5 Å². The SMILES string of the molecule is COc1cc(Nc2cccc(C(=O)O)n2)c(OC)cc1Cl. The number of hydrogen-bond acceptors (Lipinski definition) is 5. The Hall–Kier alpha value is -2.47. The highest BCUT2D eigenvalue weighted by molar-refractivity contribution is 6.32. The van der Waals surface area contributed by atoms with Gasteiger partial charge in [0.15, 0.2) is 5.69 Å². The molecule has 0 aliphatic rings. The average Bonchev–Trinajstić information content (AvgIpc) is 2.48. The lowest BCUT2D eigenvalue weighted by molar-refractivity contribution is 0.0690. The highest BCUT2D eigenvalue weighted by Crippen LogP contribution is 2.37. The monoisotopic (exact) mass is 308 g/mol. The number of aromatic carboxylic acids is 1. The van der Waals surface area contributed by atoms with Gasteiger partial charge in [-0.1, -0.05) is 17.7 Å². The van der Waals surface area contributed by atoms with Crippen molar-refractivity contribution in [2.24, 2.45) is 0 Å². The molecule has 2 rings (SSSR count). The van der Waals surface area contributed by atoms with Gasteiger partial charge in [0.05, 0.1) is 24.9 Å². The molecule has 0 saturated heterocycles. The van der Waals surface area contributed by atoms with Crippen LogP contribution in [0.3, 0.4) is 0 Å². The Bertz CT molecular complexity index is 676. The maximum absolute atomic E-state index is 10.9. The van der Waals surface area contributed by atoms with Gasteiger partial charge in [-0.15, -0.1) is 0 Å². The number of aromatic nitrogens is 1. The highest BCUT2D eigenvalue weighted by atomic mass is 35.5. The molecule has 0 saturated carbocycles. The van der Waals surface area contributed by atoms with Crippen LogP contribution in [0.15, 0.2) is 30.3 Å². The number of benzene rings is 1. The van der Waals surface area contributed by atoms with Crippen molar-refractivity contribution in [2.75, 3.05) is 19.5 Å². The first-order valence-corrected chi connectivity index (χ1v) is 6.32. The minimum atomic E-state index is -1.10. The number of carboxylic acids is 1. The zero-order chi connectivity index (χ0) is 15.4. The first kappa shape index (κ1) is 14.9. The lowest BCUT2D eigenvalue weighted by Crippen LogP contribution is -2.03. The summed E-state index contributed by atoms with van der Waals surface area (Å²) in [4.78, 5) is 14.9. The molecule has 0 atom stereocenters. The summed E-state index contributed by atoms with van der Waals surface area (Å²) in [6, 6.07) is 7.90. The summed E-state index contributed by atoms with van der Waals surface area (Å²) < 4.78 is 10.4. The van der Waals surface area contributed by atoms with Crippen LogP contribution in [0, 0.1) is 0 Å². The first-order chi connectivity index (χ1) is 10.0. The number of hydrogen-bond donors (Lipinski definition) is 2. The molecule has 0 radical (unpaired) electrons. The number of rotatable bonds is 5. The van der Waals surface area contributed by atoms with Crippen molar-refractivity contribution in [1.29, 1.82) is 0 Å². The van der Waals surface area contributed by atoms with Crippen LogP contribution in [-0.2, 0) is 0 Å².